The van der Waals surface area contributed by atoms with Crippen LogP contribution in [0.15, 0.2) is 21.9 Å². The second kappa shape index (κ2) is 9.98. The largest absolute Gasteiger partial charge is 0.505 e. The van der Waals surface area contributed by atoms with Gasteiger partial charge in [0.1, 0.15) is 23.1 Å². The van der Waals surface area contributed by atoms with E-state index in [1.54, 1.807) is 0 Å². The third kappa shape index (κ3) is 4.90. The fourth-order valence-corrected chi connectivity index (χ4v) is 8.51. The van der Waals surface area contributed by atoms with Crippen molar-refractivity contribution in [1.82, 2.24) is 0 Å². The number of halogens is 2. The molecular formula is C15H17I2NO10S2. The van der Waals surface area contributed by atoms with E-state index in [0.29, 0.717) is 49.1 Å². The van der Waals surface area contributed by atoms with Crippen LogP contribution in [0, 0.1) is 5.41 Å². The van der Waals surface area contributed by atoms with E-state index in [1.165, 1.54) is 12.1 Å². The monoisotopic (exact) mass is 689 g/mol. The predicted molar refractivity (Wildman–Crippen MR) is 120 cm³/mol. The number of rotatable bonds is 9. The Kier molecular flexibility index (Phi) is 8.25. The van der Waals surface area contributed by atoms with Crippen molar-refractivity contribution in [2.75, 3.05) is 0 Å². The van der Waals surface area contributed by atoms with E-state index in [0.717, 1.165) is 0 Å². The smallest absolute Gasteiger partial charge is 0.324 e. The maximum absolute atomic E-state index is 11.6. The second-order valence-corrected chi connectivity index (χ2v) is 11.7. The summed E-state index contributed by atoms with van der Waals surface area (Å²) < 4.78 is 14.9. The van der Waals surface area contributed by atoms with E-state index in [2.05, 4.69) is 63.9 Å². The first kappa shape index (κ1) is 24.8. The van der Waals surface area contributed by atoms with E-state index in [9.17, 15) is 15.0 Å². The number of phenols is 1. The van der Waals surface area contributed by atoms with Gasteiger partial charge in [0.2, 0.25) is 0 Å². The lowest BCUT2D eigenvalue weighted by atomic mass is 9.81. The summed E-state index contributed by atoms with van der Waals surface area (Å²) in [6.45, 7) is 0. The Bertz CT molecular complexity index is 764. The molecule has 2 fully saturated rings. The molecule has 3 rings (SSSR count). The van der Waals surface area contributed by atoms with Crippen LogP contribution >= 0.6 is 69.3 Å². The zero-order chi connectivity index (χ0) is 22.1. The number of aromatic hydroxyl groups is 1. The predicted octanol–water partition coefficient (Wildman–Crippen LogP) is 3.57. The molecule has 1 aromatic rings. The minimum absolute atomic E-state index is 0.0157. The molecule has 0 radical (unpaired) electrons. The van der Waals surface area contributed by atoms with Gasteiger partial charge in [0, 0.05) is 13.3 Å². The van der Waals surface area contributed by atoms with Crippen LogP contribution in [0.3, 0.4) is 0 Å². The molecule has 0 amide bonds. The number of carboxylic acids is 1. The van der Waals surface area contributed by atoms with Gasteiger partial charge >= 0.3 is 5.97 Å². The number of carbonyl (C=O) groups is 1. The lowest BCUT2D eigenvalue weighted by Gasteiger charge is -2.38. The third-order valence-electron chi connectivity index (χ3n) is 5.30. The normalized spacial score (nSPS) is 32.9. The number of alkyl halides is 2. The molecule has 1 spiro atoms. The number of benzene rings is 1. The average molecular weight is 689 g/mol. The van der Waals surface area contributed by atoms with Gasteiger partial charge in [-0.05, 0) is 31.4 Å². The third-order valence-corrected chi connectivity index (χ3v) is 8.84. The Balaban J connectivity index is 1.79. The van der Waals surface area contributed by atoms with E-state index in [-0.39, 0.29) is 29.5 Å². The number of ether oxygens (including phenoxy) is 1. The summed E-state index contributed by atoms with van der Waals surface area (Å²) in [5.41, 5.74) is 4.47. The van der Waals surface area contributed by atoms with Crippen LogP contribution in [-0.2, 0) is 23.5 Å². The standard InChI is InChI=1S/C15H17I2NO10S2/c16-7-3-14(5-15(14,18)13(20)21)4-8(17)12(7)24-6-1-9(29-27-25-22)11(19)10(2-6)30-28-26-23/h1-2,7-8,12,19,22-23H,3-5,18H2,(H,20,21). The first-order valence-electron chi connectivity index (χ1n) is 8.31. The van der Waals surface area contributed by atoms with Crippen LogP contribution in [-0.4, -0.2) is 46.2 Å². The molecule has 168 valence electrons. The summed E-state index contributed by atoms with van der Waals surface area (Å²) in [5.74, 6) is -0.912. The van der Waals surface area contributed by atoms with Crippen molar-refractivity contribution in [3.8, 4) is 11.5 Å². The fraction of sp³-hybridized carbons (Fsp3) is 0.533. The summed E-state index contributed by atoms with van der Waals surface area (Å²) in [4.78, 5) is 11.8. The molecule has 0 bridgehead atoms. The van der Waals surface area contributed by atoms with Crippen LogP contribution in [0.1, 0.15) is 19.3 Å². The second-order valence-electron chi connectivity index (χ2n) is 6.98. The number of hydrogen-bond acceptors (Lipinski definition) is 12. The number of phenolic OH excluding ortho intramolecular Hbond substituents is 1. The van der Waals surface area contributed by atoms with Gasteiger partial charge in [-0.15, -0.1) is 8.67 Å². The highest BCUT2D eigenvalue weighted by Crippen LogP contribution is 2.65. The van der Waals surface area contributed by atoms with E-state index < -0.39 is 16.9 Å². The summed E-state index contributed by atoms with van der Waals surface area (Å²) in [6.07, 6.45) is 1.38. The first-order valence-corrected chi connectivity index (χ1v) is 12.3. The summed E-state index contributed by atoms with van der Waals surface area (Å²) in [7, 11) is 0. The van der Waals surface area contributed by atoms with Crippen molar-refractivity contribution in [2.45, 2.75) is 48.5 Å². The molecule has 11 nitrogen and oxygen atoms in total. The Labute approximate surface area is 206 Å². The van der Waals surface area contributed by atoms with Crippen LogP contribution in [0.4, 0.5) is 0 Å². The lowest BCUT2D eigenvalue weighted by molar-refractivity contribution is -0.432. The number of aliphatic carboxylic acids is 1. The average Bonchev–Trinajstić information content (AvgIpc) is 3.27. The van der Waals surface area contributed by atoms with Crippen molar-refractivity contribution in [3.63, 3.8) is 0 Å². The molecule has 2 aliphatic rings. The fourth-order valence-electron chi connectivity index (χ4n) is 3.75. The molecule has 30 heavy (non-hydrogen) atoms. The van der Waals surface area contributed by atoms with Gasteiger partial charge in [0.15, 0.2) is 0 Å². The molecule has 2 saturated carbocycles. The van der Waals surface area contributed by atoms with Crippen molar-refractivity contribution >= 4 is 75.2 Å². The van der Waals surface area contributed by atoms with E-state index in [1.807, 2.05) is 0 Å². The number of hydrogen-bond donors (Lipinski definition) is 5. The number of carboxylic acid groups (broad SMARTS) is 1. The molecule has 15 heteroatoms. The van der Waals surface area contributed by atoms with Crippen molar-refractivity contribution in [3.05, 3.63) is 12.1 Å². The quantitative estimate of drug-likeness (QED) is 0.0840. The Morgan fingerprint density at radius 3 is 2.00 bits per heavy atom. The van der Waals surface area contributed by atoms with E-state index >= 15 is 0 Å². The Morgan fingerprint density at radius 1 is 1.10 bits per heavy atom. The zero-order valence-electron chi connectivity index (χ0n) is 14.9. The molecule has 6 N–H and O–H groups in total. The van der Waals surface area contributed by atoms with Gasteiger partial charge in [-0.25, -0.2) is 10.5 Å². The molecule has 0 heterocycles. The molecule has 0 saturated heterocycles. The van der Waals surface area contributed by atoms with Crippen molar-refractivity contribution in [1.29, 1.82) is 0 Å². The van der Waals surface area contributed by atoms with E-state index in [4.69, 9.17) is 21.0 Å². The Morgan fingerprint density at radius 2 is 1.60 bits per heavy atom. The maximum Gasteiger partial charge on any atom is 0.324 e. The van der Waals surface area contributed by atoms with Crippen molar-refractivity contribution < 1.29 is 49.0 Å². The number of nitrogens with two attached hydrogens (primary N) is 1. The maximum atomic E-state index is 11.6. The molecule has 0 aromatic heterocycles. The molecule has 2 aliphatic carbocycles. The minimum atomic E-state index is -1.19. The highest BCUT2D eigenvalue weighted by molar-refractivity contribution is 14.1. The van der Waals surface area contributed by atoms with Gasteiger partial charge in [0.05, 0.1) is 33.9 Å². The summed E-state index contributed by atoms with van der Waals surface area (Å²) in [6, 6.07) is 2.95. The van der Waals surface area contributed by atoms with Crippen LogP contribution in [0.2, 0.25) is 0 Å². The highest BCUT2D eigenvalue weighted by Gasteiger charge is 2.72. The molecule has 3 atom stereocenters. The van der Waals surface area contributed by atoms with Gasteiger partial charge < -0.3 is 20.7 Å². The van der Waals surface area contributed by atoms with Crippen LogP contribution in [0.5, 0.6) is 11.5 Å². The van der Waals surface area contributed by atoms with Crippen LogP contribution in [0.25, 0.3) is 0 Å². The van der Waals surface area contributed by atoms with Gasteiger partial charge in [-0.1, -0.05) is 55.3 Å². The summed E-state index contributed by atoms with van der Waals surface area (Å²) in [5, 5.41) is 43.6. The zero-order valence-corrected chi connectivity index (χ0v) is 20.8. The highest BCUT2D eigenvalue weighted by atomic mass is 127. The van der Waals surface area contributed by atoms with Gasteiger partial charge in [-0.3, -0.25) is 4.79 Å². The molecule has 0 aliphatic heterocycles. The van der Waals surface area contributed by atoms with Crippen LogP contribution < -0.4 is 10.5 Å². The minimum Gasteiger partial charge on any atom is -0.505 e. The summed E-state index contributed by atoms with van der Waals surface area (Å²) >= 11 is 5.53. The first-order chi connectivity index (χ1) is 14.2. The molecule has 1 aromatic carbocycles. The van der Waals surface area contributed by atoms with Gasteiger partial charge in [0.25, 0.3) is 0 Å². The van der Waals surface area contributed by atoms with Crippen molar-refractivity contribution in [2.24, 2.45) is 11.1 Å². The topological polar surface area (TPSA) is 170 Å². The molecular weight excluding hydrogens is 672 g/mol. The SMILES string of the molecule is NC1(C(=O)O)CC12CC(I)C(Oc1cc(SOOO)c(O)c(SOOO)c1)C(I)C2. The van der Waals surface area contributed by atoms with Gasteiger partial charge in [-0.2, -0.15) is 0 Å². The lowest BCUT2D eigenvalue weighted by Crippen LogP contribution is -2.49. The molecule has 3 unspecified atom stereocenters. The Hall–Kier alpha value is 0.170.